The van der Waals surface area contributed by atoms with Crippen molar-refractivity contribution in [2.75, 3.05) is 14.2 Å². The zero-order valence-electron chi connectivity index (χ0n) is 17.2. The molecule has 1 aromatic rings. The Morgan fingerprint density at radius 1 is 0.931 bits per heavy atom. The Hall–Kier alpha value is -3.30. The van der Waals surface area contributed by atoms with Gasteiger partial charge in [0.25, 0.3) is 0 Å². The van der Waals surface area contributed by atoms with Crippen molar-refractivity contribution >= 4 is 24.0 Å². The highest BCUT2D eigenvalue weighted by molar-refractivity contribution is 6.38. The molecule has 1 unspecified atom stereocenters. The highest BCUT2D eigenvalue weighted by Crippen LogP contribution is 2.33. The number of benzene rings is 1. The number of ether oxygens (including phenoxy) is 4. The first-order valence-electron chi connectivity index (χ1n) is 9.00. The Bertz CT molecular complexity index is 789. The molecule has 1 aromatic carbocycles. The zero-order valence-corrected chi connectivity index (χ0v) is 17.2. The van der Waals surface area contributed by atoms with Crippen LogP contribution < -0.4 is 4.74 Å². The van der Waals surface area contributed by atoms with Crippen LogP contribution in [0.4, 0.5) is 9.59 Å². The van der Waals surface area contributed by atoms with Crippen molar-refractivity contribution < 1.29 is 33.3 Å². The molecule has 1 atom stereocenters. The second kappa shape index (κ2) is 9.26. The SMILES string of the molecule is COC(=O)C1=NC(c2ccc(OC)cc2)N(C(=O)OC(C)C)N1C(=O)OC(C)C. The zero-order chi connectivity index (χ0) is 21.7. The maximum atomic E-state index is 12.8. The third-order valence-corrected chi connectivity index (χ3v) is 3.71. The number of hydrogen-bond acceptors (Lipinski definition) is 8. The van der Waals surface area contributed by atoms with Crippen LogP contribution >= 0.6 is 0 Å². The molecule has 2 amide bonds. The predicted molar refractivity (Wildman–Crippen MR) is 102 cm³/mol. The van der Waals surface area contributed by atoms with Gasteiger partial charge in [0, 0.05) is 0 Å². The monoisotopic (exact) mass is 407 g/mol. The van der Waals surface area contributed by atoms with Crippen molar-refractivity contribution in [2.24, 2.45) is 4.99 Å². The number of methoxy groups -OCH3 is 2. The Labute approximate surface area is 168 Å². The number of hydrogen-bond donors (Lipinski definition) is 0. The van der Waals surface area contributed by atoms with Gasteiger partial charge in [-0.05, 0) is 45.4 Å². The normalized spacial score (nSPS) is 16.0. The molecule has 10 nitrogen and oxygen atoms in total. The first-order chi connectivity index (χ1) is 13.7. The van der Waals surface area contributed by atoms with Crippen LogP contribution in [0.15, 0.2) is 29.3 Å². The number of rotatable bonds is 5. The largest absolute Gasteiger partial charge is 0.497 e. The second-order valence-corrected chi connectivity index (χ2v) is 6.61. The van der Waals surface area contributed by atoms with Crippen molar-refractivity contribution in [1.29, 1.82) is 0 Å². The number of amidine groups is 1. The van der Waals surface area contributed by atoms with Gasteiger partial charge in [0.05, 0.1) is 26.4 Å². The van der Waals surface area contributed by atoms with Gasteiger partial charge < -0.3 is 18.9 Å². The number of carbonyl (C=O) groups excluding carboxylic acids is 3. The van der Waals surface area contributed by atoms with Gasteiger partial charge in [0.1, 0.15) is 5.75 Å². The third kappa shape index (κ3) is 4.95. The summed E-state index contributed by atoms with van der Waals surface area (Å²) in [6, 6.07) is 6.66. The van der Waals surface area contributed by atoms with Crippen LogP contribution in [0.3, 0.4) is 0 Å². The summed E-state index contributed by atoms with van der Waals surface area (Å²) in [6.45, 7) is 6.60. The topological polar surface area (TPSA) is 107 Å². The summed E-state index contributed by atoms with van der Waals surface area (Å²) in [6.07, 6.45) is -3.83. The molecule has 1 aliphatic heterocycles. The number of aliphatic imine (C=N–C) groups is 1. The fraction of sp³-hybridized carbons (Fsp3) is 0.474. The van der Waals surface area contributed by atoms with Crippen molar-refractivity contribution in [3.8, 4) is 5.75 Å². The van der Waals surface area contributed by atoms with E-state index < -0.39 is 36.5 Å². The Morgan fingerprint density at radius 2 is 1.48 bits per heavy atom. The van der Waals surface area contributed by atoms with E-state index in [0.29, 0.717) is 11.3 Å². The standard InChI is InChI=1S/C19H25N3O7/c1-11(2)28-18(24)21-15(13-7-9-14(26-5)10-8-13)20-16(17(23)27-6)22(21)19(25)29-12(3)4/h7-12,15H,1-6H3. The number of esters is 1. The molecule has 1 aliphatic rings. The van der Waals surface area contributed by atoms with E-state index in [4.69, 9.17) is 18.9 Å². The molecule has 0 aliphatic carbocycles. The molecule has 0 fully saturated rings. The molecule has 0 bridgehead atoms. The van der Waals surface area contributed by atoms with Gasteiger partial charge in [-0.15, -0.1) is 0 Å². The van der Waals surface area contributed by atoms with Crippen molar-refractivity contribution in [3.05, 3.63) is 29.8 Å². The number of hydrazine groups is 1. The van der Waals surface area contributed by atoms with Crippen LogP contribution in [0, 0.1) is 0 Å². The second-order valence-electron chi connectivity index (χ2n) is 6.61. The molecule has 0 N–H and O–H groups in total. The van der Waals surface area contributed by atoms with Crippen LogP contribution in [-0.2, 0) is 19.0 Å². The molecule has 10 heteroatoms. The summed E-state index contributed by atoms with van der Waals surface area (Å²) in [5, 5.41) is 1.67. The minimum Gasteiger partial charge on any atom is -0.497 e. The van der Waals surface area contributed by atoms with E-state index in [1.54, 1.807) is 52.0 Å². The Balaban J connectivity index is 2.54. The summed E-state index contributed by atoms with van der Waals surface area (Å²) < 4.78 is 20.3. The van der Waals surface area contributed by atoms with E-state index in [2.05, 4.69) is 4.99 Å². The van der Waals surface area contributed by atoms with E-state index >= 15 is 0 Å². The van der Waals surface area contributed by atoms with Gasteiger partial charge in [-0.2, -0.15) is 10.0 Å². The summed E-state index contributed by atoms with van der Waals surface area (Å²) in [5.41, 5.74) is 0.521. The van der Waals surface area contributed by atoms with E-state index in [1.165, 1.54) is 7.11 Å². The van der Waals surface area contributed by atoms with Crippen molar-refractivity contribution in [1.82, 2.24) is 10.0 Å². The van der Waals surface area contributed by atoms with Crippen LogP contribution in [0.25, 0.3) is 0 Å². The number of amides is 2. The fourth-order valence-electron chi connectivity index (χ4n) is 2.52. The third-order valence-electron chi connectivity index (χ3n) is 3.71. The molecule has 158 valence electrons. The Morgan fingerprint density at radius 3 is 1.97 bits per heavy atom. The molecule has 2 rings (SSSR count). The first kappa shape index (κ1) is 22.0. The van der Waals surface area contributed by atoms with Crippen LogP contribution in [0.5, 0.6) is 5.75 Å². The maximum absolute atomic E-state index is 12.8. The summed E-state index contributed by atoms with van der Waals surface area (Å²) in [5.74, 6) is -0.694. The average Bonchev–Trinajstić information content (AvgIpc) is 3.07. The van der Waals surface area contributed by atoms with Gasteiger partial charge in [0.15, 0.2) is 6.17 Å². The smallest absolute Gasteiger partial charge is 0.435 e. The summed E-state index contributed by atoms with van der Waals surface area (Å²) in [4.78, 5) is 42.1. The lowest BCUT2D eigenvalue weighted by Gasteiger charge is -2.31. The van der Waals surface area contributed by atoms with Crippen LogP contribution in [0.1, 0.15) is 39.4 Å². The lowest BCUT2D eigenvalue weighted by molar-refractivity contribution is -0.134. The molecule has 0 radical (unpaired) electrons. The van der Waals surface area contributed by atoms with Gasteiger partial charge in [-0.1, -0.05) is 12.1 Å². The summed E-state index contributed by atoms with van der Waals surface area (Å²) in [7, 11) is 2.67. The lowest BCUT2D eigenvalue weighted by atomic mass is 10.1. The summed E-state index contributed by atoms with van der Waals surface area (Å²) >= 11 is 0. The van der Waals surface area contributed by atoms with Gasteiger partial charge in [0.2, 0.25) is 5.84 Å². The van der Waals surface area contributed by atoms with Gasteiger partial charge in [-0.3, -0.25) is 0 Å². The quantitative estimate of drug-likeness (QED) is 0.545. The van der Waals surface area contributed by atoms with E-state index in [-0.39, 0.29) is 5.84 Å². The van der Waals surface area contributed by atoms with Crippen LogP contribution in [0.2, 0.25) is 0 Å². The maximum Gasteiger partial charge on any atom is 0.435 e. The minimum absolute atomic E-state index is 0.389. The number of carbonyl (C=O) groups is 3. The molecule has 0 spiro atoms. The molecular formula is C19H25N3O7. The molecule has 29 heavy (non-hydrogen) atoms. The fourth-order valence-corrected chi connectivity index (χ4v) is 2.52. The molecular weight excluding hydrogens is 382 g/mol. The minimum atomic E-state index is -1.04. The van der Waals surface area contributed by atoms with Gasteiger partial charge in [-0.25, -0.2) is 19.4 Å². The van der Waals surface area contributed by atoms with Crippen LogP contribution in [-0.4, -0.2) is 60.4 Å². The molecule has 0 saturated carbocycles. The Kier molecular flexibility index (Phi) is 7.03. The highest BCUT2D eigenvalue weighted by Gasteiger charge is 2.47. The average molecular weight is 407 g/mol. The van der Waals surface area contributed by atoms with Gasteiger partial charge >= 0.3 is 18.2 Å². The molecule has 1 heterocycles. The lowest BCUT2D eigenvalue weighted by Crippen LogP contribution is -2.52. The number of nitrogens with zero attached hydrogens (tertiary/aromatic N) is 3. The highest BCUT2D eigenvalue weighted by atomic mass is 16.6. The van der Waals surface area contributed by atoms with E-state index in [1.807, 2.05) is 0 Å². The van der Waals surface area contributed by atoms with E-state index in [0.717, 1.165) is 17.1 Å². The first-order valence-corrected chi connectivity index (χ1v) is 9.00. The van der Waals surface area contributed by atoms with E-state index in [9.17, 15) is 14.4 Å². The molecule has 0 saturated heterocycles. The predicted octanol–water partition coefficient (Wildman–Crippen LogP) is 2.89. The molecule has 0 aromatic heterocycles. The van der Waals surface area contributed by atoms with Crippen molar-refractivity contribution in [3.63, 3.8) is 0 Å². The van der Waals surface area contributed by atoms with Crippen molar-refractivity contribution in [2.45, 2.75) is 46.1 Å².